The lowest BCUT2D eigenvalue weighted by Crippen LogP contribution is -2.37. The molecule has 0 atom stereocenters. The van der Waals surface area contributed by atoms with Crippen LogP contribution in [0, 0.1) is 10.8 Å². The highest BCUT2D eigenvalue weighted by Gasteiger charge is 2.47. The summed E-state index contributed by atoms with van der Waals surface area (Å²) in [5, 5.41) is 10.4. The van der Waals surface area contributed by atoms with Crippen molar-refractivity contribution in [3.8, 4) is 0 Å². The summed E-state index contributed by atoms with van der Waals surface area (Å²) in [5.74, 6) is -0.603. The zero-order valence-electron chi connectivity index (χ0n) is 14.4. The van der Waals surface area contributed by atoms with E-state index in [0.29, 0.717) is 32.1 Å². The lowest BCUT2D eigenvalue weighted by molar-refractivity contribution is -0.169. The highest BCUT2D eigenvalue weighted by molar-refractivity contribution is 5.95. The molecule has 2 nitrogen and oxygen atoms in total. The fourth-order valence-electron chi connectivity index (χ4n) is 3.85. The smallest absolute Gasteiger partial charge is 0.390 e. The van der Waals surface area contributed by atoms with Crippen LogP contribution in [0.5, 0.6) is 0 Å². The molecule has 0 aliphatic heterocycles. The molecule has 0 aromatic heterocycles. The quantitative estimate of drug-likeness (QED) is 0.450. The Morgan fingerprint density at radius 1 is 1.04 bits per heavy atom. The van der Waals surface area contributed by atoms with Crippen molar-refractivity contribution in [2.24, 2.45) is 10.8 Å². The Bertz CT molecular complexity index is 420. The average Bonchev–Trinajstić information content (AvgIpc) is 2.48. The lowest BCUT2D eigenvalue weighted by atomic mass is 9.68. The molecule has 1 fully saturated rings. The number of aliphatic hydroxyl groups is 1. The predicted molar refractivity (Wildman–Crippen MR) is 85.2 cm³/mol. The number of aliphatic hydroxyl groups excluding tert-OH is 1. The SMILES string of the molecule is CCC(CC)(CC)/C(O)=C/C(=O)C1(CC(F)(F)F)CCCCC1. The fourth-order valence-corrected chi connectivity index (χ4v) is 3.85. The maximum atomic E-state index is 13.0. The maximum absolute atomic E-state index is 13.0. The molecule has 1 N–H and O–H groups in total. The first kappa shape index (κ1) is 20.0. The van der Waals surface area contributed by atoms with Gasteiger partial charge in [0.1, 0.15) is 5.76 Å². The summed E-state index contributed by atoms with van der Waals surface area (Å²) in [7, 11) is 0. The Balaban J connectivity index is 3.12. The number of alkyl halides is 3. The molecule has 0 amide bonds. The second-order valence-electron chi connectivity index (χ2n) is 6.87. The van der Waals surface area contributed by atoms with E-state index >= 15 is 0 Å². The molecule has 1 aliphatic carbocycles. The Kier molecular flexibility index (Phi) is 6.72. The number of allylic oxidation sites excluding steroid dienone is 2. The van der Waals surface area contributed by atoms with Gasteiger partial charge in [-0.2, -0.15) is 13.2 Å². The van der Waals surface area contributed by atoms with Crippen LogP contribution >= 0.6 is 0 Å². The van der Waals surface area contributed by atoms with E-state index in [0.717, 1.165) is 12.5 Å². The highest BCUT2D eigenvalue weighted by Crippen LogP contribution is 2.46. The molecule has 1 aliphatic rings. The van der Waals surface area contributed by atoms with Crippen LogP contribution < -0.4 is 0 Å². The maximum Gasteiger partial charge on any atom is 0.390 e. The molecule has 134 valence electrons. The number of hydrogen-bond donors (Lipinski definition) is 1. The molecule has 0 aromatic rings. The van der Waals surface area contributed by atoms with Gasteiger partial charge in [-0.25, -0.2) is 0 Å². The zero-order valence-corrected chi connectivity index (χ0v) is 14.4. The topological polar surface area (TPSA) is 37.3 Å². The molecular weight excluding hydrogens is 305 g/mol. The zero-order chi connectivity index (χ0) is 17.7. The third-order valence-corrected chi connectivity index (χ3v) is 5.71. The van der Waals surface area contributed by atoms with Crippen molar-refractivity contribution in [2.75, 3.05) is 0 Å². The summed E-state index contributed by atoms with van der Waals surface area (Å²) in [5.41, 5.74) is -1.89. The second kappa shape index (κ2) is 7.71. The van der Waals surface area contributed by atoms with Crippen LogP contribution in [0.3, 0.4) is 0 Å². The minimum atomic E-state index is -4.37. The minimum absolute atomic E-state index is 0.0536. The molecule has 5 heteroatoms. The van der Waals surface area contributed by atoms with Crippen molar-refractivity contribution in [3.05, 3.63) is 11.8 Å². The van der Waals surface area contributed by atoms with Crippen molar-refractivity contribution in [3.63, 3.8) is 0 Å². The van der Waals surface area contributed by atoms with Crippen LogP contribution in [0.25, 0.3) is 0 Å². The Morgan fingerprint density at radius 3 is 1.91 bits per heavy atom. The van der Waals surface area contributed by atoms with E-state index in [9.17, 15) is 23.1 Å². The first-order valence-corrected chi connectivity index (χ1v) is 8.67. The van der Waals surface area contributed by atoms with Gasteiger partial charge in [0.15, 0.2) is 5.78 Å². The molecule has 23 heavy (non-hydrogen) atoms. The fraction of sp³-hybridized carbons (Fsp3) is 0.833. The standard InChI is InChI=1S/C18H29F3O2/c1-4-16(5-2,6-3)14(22)12-15(23)17(13-18(19,20)21)10-8-7-9-11-17/h12,22H,4-11,13H2,1-3H3/b14-12-. The lowest BCUT2D eigenvalue weighted by Gasteiger charge is -2.36. The molecule has 0 radical (unpaired) electrons. The molecule has 1 saturated carbocycles. The summed E-state index contributed by atoms with van der Waals surface area (Å²) in [6, 6.07) is 0. The van der Waals surface area contributed by atoms with Crippen LogP contribution in [-0.2, 0) is 4.79 Å². The van der Waals surface area contributed by atoms with E-state index in [2.05, 4.69) is 0 Å². The molecule has 1 rings (SSSR count). The summed E-state index contributed by atoms with van der Waals surface area (Å²) < 4.78 is 38.9. The highest BCUT2D eigenvalue weighted by atomic mass is 19.4. The third kappa shape index (κ3) is 4.74. The van der Waals surface area contributed by atoms with Gasteiger partial charge < -0.3 is 5.11 Å². The normalized spacial score (nSPS) is 19.7. The molecule has 0 heterocycles. The van der Waals surface area contributed by atoms with Gasteiger partial charge in [-0.1, -0.05) is 40.0 Å². The number of hydrogen-bond acceptors (Lipinski definition) is 2. The van der Waals surface area contributed by atoms with Crippen LogP contribution in [0.15, 0.2) is 11.8 Å². The summed E-state index contributed by atoms with van der Waals surface area (Å²) >= 11 is 0. The van der Waals surface area contributed by atoms with Crippen LogP contribution in [0.4, 0.5) is 13.2 Å². The van der Waals surface area contributed by atoms with Gasteiger partial charge in [-0.15, -0.1) is 0 Å². The molecule has 0 spiro atoms. The average molecular weight is 334 g/mol. The van der Waals surface area contributed by atoms with Gasteiger partial charge in [-0.3, -0.25) is 4.79 Å². The monoisotopic (exact) mass is 334 g/mol. The van der Waals surface area contributed by atoms with Crippen molar-refractivity contribution in [2.45, 2.75) is 84.7 Å². The van der Waals surface area contributed by atoms with E-state index in [4.69, 9.17) is 0 Å². The third-order valence-electron chi connectivity index (χ3n) is 5.71. The van der Waals surface area contributed by atoms with Gasteiger partial charge in [0.05, 0.1) is 6.42 Å². The van der Waals surface area contributed by atoms with Gasteiger partial charge >= 0.3 is 6.18 Å². The van der Waals surface area contributed by atoms with Gasteiger partial charge in [0, 0.05) is 16.9 Å². The van der Waals surface area contributed by atoms with E-state index in [1.54, 1.807) is 0 Å². The number of carbonyl (C=O) groups excluding carboxylic acids is 1. The number of carbonyl (C=O) groups is 1. The molecule has 0 saturated heterocycles. The van der Waals surface area contributed by atoms with E-state index in [1.165, 1.54) is 0 Å². The summed E-state index contributed by atoms with van der Waals surface area (Å²) in [6.45, 7) is 5.77. The Labute approximate surface area is 137 Å². The first-order chi connectivity index (χ1) is 10.6. The molecule has 0 aromatic carbocycles. The van der Waals surface area contributed by atoms with Crippen molar-refractivity contribution in [1.82, 2.24) is 0 Å². The molecule has 0 unspecified atom stereocenters. The van der Waals surface area contributed by atoms with Crippen molar-refractivity contribution < 1.29 is 23.1 Å². The van der Waals surface area contributed by atoms with Crippen LogP contribution in [0.1, 0.15) is 78.6 Å². The van der Waals surface area contributed by atoms with Crippen LogP contribution in [0.2, 0.25) is 0 Å². The van der Waals surface area contributed by atoms with Gasteiger partial charge in [0.2, 0.25) is 0 Å². The summed E-state index contributed by atoms with van der Waals surface area (Å²) in [4.78, 5) is 12.7. The van der Waals surface area contributed by atoms with Crippen molar-refractivity contribution >= 4 is 5.78 Å². The van der Waals surface area contributed by atoms with Gasteiger partial charge in [0.25, 0.3) is 0 Å². The first-order valence-electron chi connectivity index (χ1n) is 8.67. The summed E-state index contributed by atoms with van der Waals surface area (Å²) in [6.07, 6.45) is 0.269. The molecular formula is C18H29F3O2. The Morgan fingerprint density at radius 2 is 1.52 bits per heavy atom. The van der Waals surface area contributed by atoms with Crippen LogP contribution in [-0.4, -0.2) is 17.1 Å². The van der Waals surface area contributed by atoms with E-state index in [-0.39, 0.29) is 18.6 Å². The molecule has 0 bridgehead atoms. The number of ketones is 1. The van der Waals surface area contributed by atoms with E-state index < -0.39 is 29.2 Å². The minimum Gasteiger partial charge on any atom is -0.512 e. The van der Waals surface area contributed by atoms with Gasteiger partial charge in [-0.05, 0) is 32.1 Å². The van der Waals surface area contributed by atoms with E-state index in [1.807, 2.05) is 20.8 Å². The Hall–Kier alpha value is -1.00. The predicted octanol–water partition coefficient (Wildman–Crippen LogP) is 6.12. The second-order valence-corrected chi connectivity index (χ2v) is 6.87. The number of rotatable bonds is 7. The van der Waals surface area contributed by atoms with Crippen molar-refractivity contribution in [1.29, 1.82) is 0 Å². The number of halogens is 3. The largest absolute Gasteiger partial charge is 0.512 e.